The molecule has 1 amide bonds. The molecule has 132 valence electrons. The SMILES string of the molecule is O=C(NCCn1cnc(-c2ccccc2)cc1=O)c1ccc(Cl)cc1Cl. The molecule has 0 spiro atoms. The van der Waals surface area contributed by atoms with Crippen molar-refractivity contribution in [2.45, 2.75) is 6.54 Å². The van der Waals surface area contributed by atoms with Crippen LogP contribution in [0.4, 0.5) is 0 Å². The molecule has 0 atom stereocenters. The summed E-state index contributed by atoms with van der Waals surface area (Å²) >= 11 is 11.8. The fraction of sp³-hybridized carbons (Fsp3) is 0.105. The molecule has 0 aliphatic carbocycles. The maximum absolute atomic E-state index is 12.2. The molecule has 1 N–H and O–H groups in total. The Hall–Kier alpha value is -2.63. The maximum Gasteiger partial charge on any atom is 0.253 e. The molecule has 0 bridgehead atoms. The van der Waals surface area contributed by atoms with E-state index >= 15 is 0 Å². The van der Waals surface area contributed by atoms with E-state index in [0.29, 0.717) is 22.8 Å². The van der Waals surface area contributed by atoms with Crippen molar-refractivity contribution in [1.29, 1.82) is 0 Å². The van der Waals surface area contributed by atoms with E-state index in [1.54, 1.807) is 12.1 Å². The number of benzene rings is 2. The monoisotopic (exact) mass is 387 g/mol. The molecule has 0 saturated carbocycles. The average Bonchev–Trinajstić information content (AvgIpc) is 2.63. The van der Waals surface area contributed by atoms with Gasteiger partial charge in [-0.3, -0.25) is 14.2 Å². The van der Waals surface area contributed by atoms with Gasteiger partial charge in [0.1, 0.15) is 0 Å². The van der Waals surface area contributed by atoms with Gasteiger partial charge >= 0.3 is 0 Å². The fourth-order valence-electron chi connectivity index (χ4n) is 2.42. The Morgan fingerprint density at radius 3 is 2.54 bits per heavy atom. The minimum Gasteiger partial charge on any atom is -0.350 e. The van der Waals surface area contributed by atoms with Crippen LogP contribution in [0, 0.1) is 0 Å². The van der Waals surface area contributed by atoms with Gasteiger partial charge in [0.05, 0.1) is 22.6 Å². The first-order chi connectivity index (χ1) is 12.5. The van der Waals surface area contributed by atoms with Crippen LogP contribution in [0.2, 0.25) is 10.0 Å². The maximum atomic E-state index is 12.2. The predicted octanol–water partition coefficient (Wildman–Crippen LogP) is 3.65. The van der Waals surface area contributed by atoms with Crippen molar-refractivity contribution < 1.29 is 4.79 Å². The van der Waals surface area contributed by atoms with Crippen LogP contribution < -0.4 is 10.9 Å². The molecule has 1 heterocycles. The minimum atomic E-state index is -0.325. The van der Waals surface area contributed by atoms with E-state index in [2.05, 4.69) is 10.3 Å². The molecule has 0 fully saturated rings. The van der Waals surface area contributed by atoms with E-state index in [-0.39, 0.29) is 23.0 Å². The van der Waals surface area contributed by atoms with Gasteiger partial charge < -0.3 is 5.32 Å². The van der Waals surface area contributed by atoms with Crippen molar-refractivity contribution in [2.75, 3.05) is 6.54 Å². The van der Waals surface area contributed by atoms with Gasteiger partial charge in [0.25, 0.3) is 11.5 Å². The Balaban J connectivity index is 1.63. The Kier molecular flexibility index (Phi) is 5.71. The van der Waals surface area contributed by atoms with E-state index in [1.807, 2.05) is 30.3 Å². The van der Waals surface area contributed by atoms with E-state index < -0.39 is 0 Å². The summed E-state index contributed by atoms with van der Waals surface area (Å²) in [5.41, 5.74) is 1.64. The van der Waals surface area contributed by atoms with Crippen molar-refractivity contribution in [1.82, 2.24) is 14.9 Å². The standard InChI is InChI=1S/C19H15Cl2N3O2/c20-14-6-7-15(16(21)10-14)19(26)22-8-9-24-12-23-17(11-18(24)25)13-4-2-1-3-5-13/h1-7,10-12H,8-9H2,(H,22,26). The molecule has 1 aromatic heterocycles. The molecular weight excluding hydrogens is 373 g/mol. The van der Waals surface area contributed by atoms with Crippen LogP contribution in [-0.2, 0) is 6.54 Å². The quantitative estimate of drug-likeness (QED) is 0.726. The molecule has 0 aliphatic heterocycles. The molecule has 7 heteroatoms. The topological polar surface area (TPSA) is 64.0 Å². The summed E-state index contributed by atoms with van der Waals surface area (Å²) in [7, 11) is 0. The zero-order valence-corrected chi connectivity index (χ0v) is 15.2. The Bertz CT molecular complexity index is 988. The number of nitrogens with zero attached hydrogens (tertiary/aromatic N) is 2. The molecule has 26 heavy (non-hydrogen) atoms. The van der Waals surface area contributed by atoms with Gasteiger partial charge in [-0.15, -0.1) is 0 Å². The van der Waals surface area contributed by atoms with Crippen LogP contribution in [0.1, 0.15) is 10.4 Å². The van der Waals surface area contributed by atoms with E-state index in [0.717, 1.165) is 5.56 Å². The zero-order valence-electron chi connectivity index (χ0n) is 13.7. The van der Waals surface area contributed by atoms with Crippen molar-refractivity contribution >= 4 is 29.1 Å². The van der Waals surface area contributed by atoms with Gasteiger partial charge in [-0.2, -0.15) is 0 Å². The third kappa shape index (κ3) is 4.31. The number of hydrogen-bond acceptors (Lipinski definition) is 3. The Morgan fingerprint density at radius 1 is 1.08 bits per heavy atom. The van der Waals surface area contributed by atoms with E-state index in [9.17, 15) is 9.59 Å². The van der Waals surface area contributed by atoms with Crippen LogP contribution in [0.25, 0.3) is 11.3 Å². The summed E-state index contributed by atoms with van der Waals surface area (Å²) in [6.07, 6.45) is 1.48. The summed E-state index contributed by atoms with van der Waals surface area (Å²) in [4.78, 5) is 28.7. The molecule has 0 unspecified atom stereocenters. The smallest absolute Gasteiger partial charge is 0.253 e. The Morgan fingerprint density at radius 2 is 1.85 bits per heavy atom. The number of rotatable bonds is 5. The van der Waals surface area contributed by atoms with Crippen LogP contribution >= 0.6 is 23.2 Å². The first-order valence-electron chi connectivity index (χ1n) is 7.90. The van der Waals surface area contributed by atoms with E-state index in [4.69, 9.17) is 23.2 Å². The predicted molar refractivity (Wildman–Crippen MR) is 103 cm³/mol. The highest BCUT2D eigenvalue weighted by atomic mass is 35.5. The van der Waals surface area contributed by atoms with Crippen LogP contribution in [0.15, 0.2) is 65.7 Å². The lowest BCUT2D eigenvalue weighted by molar-refractivity contribution is 0.0952. The van der Waals surface area contributed by atoms with Gasteiger partial charge in [-0.1, -0.05) is 53.5 Å². The van der Waals surface area contributed by atoms with Crippen molar-refractivity contribution in [3.8, 4) is 11.3 Å². The highest BCUT2D eigenvalue weighted by molar-refractivity contribution is 6.36. The lowest BCUT2D eigenvalue weighted by Crippen LogP contribution is -2.31. The Labute approximate surface area is 160 Å². The van der Waals surface area contributed by atoms with Gasteiger partial charge in [-0.05, 0) is 18.2 Å². The first kappa shape index (κ1) is 18.2. The first-order valence-corrected chi connectivity index (χ1v) is 8.65. The van der Waals surface area contributed by atoms with Crippen LogP contribution in [0.3, 0.4) is 0 Å². The third-order valence-electron chi connectivity index (χ3n) is 3.76. The number of halogens is 2. The number of hydrogen-bond donors (Lipinski definition) is 1. The third-order valence-corrected chi connectivity index (χ3v) is 4.31. The number of carbonyl (C=O) groups is 1. The number of aromatic nitrogens is 2. The van der Waals surface area contributed by atoms with Crippen LogP contribution in [-0.4, -0.2) is 22.0 Å². The second-order valence-corrected chi connectivity index (χ2v) is 6.40. The zero-order chi connectivity index (χ0) is 18.5. The number of carbonyl (C=O) groups excluding carboxylic acids is 1. The van der Waals surface area contributed by atoms with Gasteiger partial charge in [0.2, 0.25) is 0 Å². The normalized spacial score (nSPS) is 10.5. The molecular formula is C19H15Cl2N3O2. The van der Waals surface area contributed by atoms with Gasteiger partial charge in [-0.25, -0.2) is 4.98 Å². The second-order valence-electron chi connectivity index (χ2n) is 5.55. The largest absolute Gasteiger partial charge is 0.350 e. The van der Waals surface area contributed by atoms with Crippen LogP contribution in [0.5, 0.6) is 0 Å². The number of amides is 1. The molecule has 0 aliphatic rings. The average molecular weight is 388 g/mol. The highest BCUT2D eigenvalue weighted by Gasteiger charge is 2.10. The van der Waals surface area contributed by atoms with Gasteiger partial charge in [0.15, 0.2) is 0 Å². The van der Waals surface area contributed by atoms with Gasteiger partial charge in [0, 0.05) is 29.7 Å². The minimum absolute atomic E-state index is 0.183. The summed E-state index contributed by atoms with van der Waals surface area (Å²) in [5, 5.41) is 3.47. The second kappa shape index (κ2) is 8.17. The summed E-state index contributed by atoms with van der Waals surface area (Å²) < 4.78 is 1.44. The lowest BCUT2D eigenvalue weighted by Gasteiger charge is -2.09. The number of nitrogens with one attached hydrogen (secondary N) is 1. The van der Waals surface area contributed by atoms with Crippen molar-refractivity contribution in [2.24, 2.45) is 0 Å². The lowest BCUT2D eigenvalue weighted by atomic mass is 10.1. The summed E-state index contributed by atoms with van der Waals surface area (Å²) in [6.45, 7) is 0.571. The molecule has 2 aromatic carbocycles. The molecule has 3 aromatic rings. The van der Waals surface area contributed by atoms with E-state index in [1.165, 1.54) is 23.0 Å². The molecule has 3 rings (SSSR count). The van der Waals surface area contributed by atoms with Crippen molar-refractivity contribution in [3.05, 3.63) is 86.9 Å². The van der Waals surface area contributed by atoms with Crippen molar-refractivity contribution in [3.63, 3.8) is 0 Å². The summed E-state index contributed by atoms with van der Waals surface area (Å²) in [6, 6.07) is 15.6. The highest BCUT2D eigenvalue weighted by Crippen LogP contribution is 2.20. The molecule has 0 radical (unpaired) electrons. The summed E-state index contributed by atoms with van der Waals surface area (Å²) in [5.74, 6) is -0.325. The molecule has 0 saturated heterocycles. The fourth-order valence-corrected chi connectivity index (χ4v) is 2.91. The molecule has 5 nitrogen and oxygen atoms in total.